The number of hydrogen-bond donors (Lipinski definition) is 1. The second kappa shape index (κ2) is 4.82. The topological polar surface area (TPSA) is 66.8 Å². The minimum absolute atomic E-state index is 0.0483. The van der Waals surface area contributed by atoms with Crippen molar-refractivity contribution < 1.29 is 19.4 Å². The van der Waals surface area contributed by atoms with E-state index in [0.717, 1.165) is 6.42 Å². The lowest BCUT2D eigenvalue weighted by molar-refractivity contribution is -0.152. The van der Waals surface area contributed by atoms with E-state index >= 15 is 0 Å². The lowest BCUT2D eigenvalue weighted by atomic mass is 10.2. The van der Waals surface area contributed by atoms with Crippen molar-refractivity contribution >= 4 is 11.9 Å². The molecule has 0 spiro atoms. The lowest BCUT2D eigenvalue weighted by Crippen LogP contribution is -2.43. The van der Waals surface area contributed by atoms with E-state index in [1.807, 2.05) is 20.8 Å². The third-order valence-corrected chi connectivity index (χ3v) is 2.49. The molecule has 1 saturated heterocycles. The van der Waals surface area contributed by atoms with Crippen LogP contribution in [0.1, 0.15) is 33.6 Å². The van der Waals surface area contributed by atoms with Crippen molar-refractivity contribution in [2.75, 3.05) is 13.2 Å². The quantitative estimate of drug-likeness (QED) is 0.780. The molecule has 1 unspecified atom stereocenters. The molecule has 5 nitrogen and oxygen atoms in total. The summed E-state index contributed by atoms with van der Waals surface area (Å²) >= 11 is 0. The van der Waals surface area contributed by atoms with Crippen molar-refractivity contribution in [3.63, 3.8) is 0 Å². The number of carboxylic acids is 1. The summed E-state index contributed by atoms with van der Waals surface area (Å²) in [6, 6.07) is -0.670. The number of hydrogen-bond acceptors (Lipinski definition) is 3. The average molecular weight is 229 g/mol. The zero-order chi connectivity index (χ0) is 12.3. The monoisotopic (exact) mass is 229 g/mol. The number of carbonyl (C=O) groups is 2. The summed E-state index contributed by atoms with van der Waals surface area (Å²) in [5.74, 6) is -1.17. The fraction of sp³-hybridized carbons (Fsp3) is 0.818. The van der Waals surface area contributed by atoms with Crippen LogP contribution in [0.4, 0.5) is 0 Å². The van der Waals surface area contributed by atoms with Gasteiger partial charge in [0.15, 0.2) is 0 Å². The van der Waals surface area contributed by atoms with E-state index in [0.29, 0.717) is 13.0 Å². The van der Waals surface area contributed by atoms with Crippen LogP contribution in [0.5, 0.6) is 0 Å². The van der Waals surface area contributed by atoms with E-state index < -0.39 is 12.0 Å². The van der Waals surface area contributed by atoms with Crippen molar-refractivity contribution in [1.29, 1.82) is 0 Å². The van der Waals surface area contributed by atoms with Crippen LogP contribution >= 0.6 is 0 Å². The molecule has 1 aliphatic rings. The molecule has 0 aliphatic carbocycles. The van der Waals surface area contributed by atoms with Crippen LogP contribution in [-0.2, 0) is 14.3 Å². The Bertz CT molecular complexity index is 282. The smallest absolute Gasteiger partial charge is 0.326 e. The predicted molar refractivity (Wildman–Crippen MR) is 58.1 cm³/mol. The van der Waals surface area contributed by atoms with Crippen molar-refractivity contribution in [1.82, 2.24) is 4.90 Å². The van der Waals surface area contributed by atoms with Gasteiger partial charge in [0, 0.05) is 6.54 Å². The van der Waals surface area contributed by atoms with E-state index in [2.05, 4.69) is 0 Å². The van der Waals surface area contributed by atoms with Crippen LogP contribution in [0.25, 0.3) is 0 Å². The third-order valence-electron chi connectivity index (χ3n) is 2.49. The molecule has 0 aromatic heterocycles. The van der Waals surface area contributed by atoms with Crippen molar-refractivity contribution in [2.24, 2.45) is 0 Å². The molecule has 92 valence electrons. The van der Waals surface area contributed by atoms with Gasteiger partial charge in [0.25, 0.3) is 0 Å². The van der Waals surface area contributed by atoms with Crippen molar-refractivity contribution in [3.8, 4) is 0 Å². The Kier molecular flexibility index (Phi) is 3.91. The Morgan fingerprint density at radius 3 is 2.56 bits per heavy atom. The minimum Gasteiger partial charge on any atom is -0.480 e. The zero-order valence-electron chi connectivity index (χ0n) is 10.0. The Labute approximate surface area is 95.4 Å². The van der Waals surface area contributed by atoms with Gasteiger partial charge in [-0.1, -0.05) is 0 Å². The molecule has 0 aromatic rings. The van der Waals surface area contributed by atoms with Gasteiger partial charge in [0.2, 0.25) is 5.91 Å². The average Bonchev–Trinajstić information content (AvgIpc) is 2.61. The molecule has 1 atom stereocenters. The van der Waals surface area contributed by atoms with Crippen molar-refractivity contribution in [2.45, 2.75) is 45.3 Å². The molecule has 0 bridgehead atoms. The third kappa shape index (κ3) is 3.48. The number of carbonyl (C=O) groups excluding carboxylic acids is 1. The first-order valence-corrected chi connectivity index (χ1v) is 5.47. The second-order valence-electron chi connectivity index (χ2n) is 4.98. The SMILES string of the molecule is CC(C)(C)OCC(=O)N1CCCC1C(=O)O. The largest absolute Gasteiger partial charge is 0.480 e. The number of likely N-dealkylation sites (tertiary alicyclic amines) is 1. The van der Waals surface area contributed by atoms with Crippen LogP contribution < -0.4 is 0 Å². The summed E-state index contributed by atoms with van der Waals surface area (Å²) in [4.78, 5) is 24.0. The van der Waals surface area contributed by atoms with Gasteiger partial charge in [0.05, 0.1) is 5.60 Å². The molecule has 1 amide bonds. The molecule has 1 heterocycles. The van der Waals surface area contributed by atoms with E-state index in [-0.39, 0.29) is 18.1 Å². The summed E-state index contributed by atoms with van der Waals surface area (Å²) in [6.07, 6.45) is 1.29. The van der Waals surface area contributed by atoms with E-state index in [1.165, 1.54) is 4.90 Å². The summed E-state index contributed by atoms with van der Waals surface area (Å²) < 4.78 is 5.35. The normalized spacial score (nSPS) is 21.2. The molecule has 1 fully saturated rings. The maximum atomic E-state index is 11.7. The fourth-order valence-electron chi connectivity index (χ4n) is 1.68. The number of aliphatic carboxylic acids is 1. The highest BCUT2D eigenvalue weighted by Gasteiger charge is 2.34. The first-order chi connectivity index (χ1) is 7.31. The maximum Gasteiger partial charge on any atom is 0.326 e. The van der Waals surface area contributed by atoms with Gasteiger partial charge in [-0.25, -0.2) is 4.79 Å². The zero-order valence-corrected chi connectivity index (χ0v) is 10.0. The number of carboxylic acid groups (broad SMARTS) is 1. The first-order valence-electron chi connectivity index (χ1n) is 5.47. The summed E-state index contributed by atoms with van der Waals surface area (Å²) in [5.41, 5.74) is -0.381. The molecule has 16 heavy (non-hydrogen) atoms. The van der Waals surface area contributed by atoms with Gasteiger partial charge in [-0.15, -0.1) is 0 Å². The van der Waals surface area contributed by atoms with Crippen LogP contribution in [-0.4, -0.2) is 46.7 Å². The van der Waals surface area contributed by atoms with Gasteiger partial charge < -0.3 is 14.7 Å². The van der Waals surface area contributed by atoms with Gasteiger partial charge in [-0.2, -0.15) is 0 Å². The summed E-state index contributed by atoms with van der Waals surface area (Å²) in [5, 5.41) is 8.93. The standard InChI is InChI=1S/C11H19NO4/c1-11(2,3)16-7-9(13)12-6-4-5-8(12)10(14)15/h8H,4-7H2,1-3H3,(H,14,15). The summed E-state index contributed by atoms with van der Waals surface area (Å²) in [7, 11) is 0. The number of amides is 1. The number of nitrogens with zero attached hydrogens (tertiary/aromatic N) is 1. The Morgan fingerprint density at radius 1 is 1.44 bits per heavy atom. The Morgan fingerprint density at radius 2 is 2.06 bits per heavy atom. The van der Waals surface area contributed by atoms with Gasteiger partial charge in [0.1, 0.15) is 12.6 Å². The van der Waals surface area contributed by atoms with Crippen LogP contribution in [0.2, 0.25) is 0 Å². The van der Waals surface area contributed by atoms with Crippen LogP contribution in [0.3, 0.4) is 0 Å². The highest BCUT2D eigenvalue weighted by Crippen LogP contribution is 2.18. The molecule has 1 rings (SSSR count). The fourth-order valence-corrected chi connectivity index (χ4v) is 1.68. The molecule has 0 radical (unpaired) electrons. The lowest BCUT2D eigenvalue weighted by Gasteiger charge is -2.24. The van der Waals surface area contributed by atoms with Crippen molar-refractivity contribution in [3.05, 3.63) is 0 Å². The number of ether oxygens (including phenoxy) is 1. The molecular weight excluding hydrogens is 210 g/mol. The molecule has 5 heteroatoms. The van der Waals surface area contributed by atoms with Gasteiger partial charge in [-0.05, 0) is 33.6 Å². The van der Waals surface area contributed by atoms with E-state index in [4.69, 9.17) is 9.84 Å². The molecule has 0 saturated carbocycles. The molecule has 1 aliphatic heterocycles. The Balaban J connectivity index is 2.50. The molecule has 0 aromatic carbocycles. The molecular formula is C11H19NO4. The van der Waals surface area contributed by atoms with Gasteiger partial charge in [-0.3, -0.25) is 4.79 Å². The van der Waals surface area contributed by atoms with Crippen LogP contribution in [0.15, 0.2) is 0 Å². The predicted octanol–water partition coefficient (Wildman–Crippen LogP) is 0.877. The highest BCUT2D eigenvalue weighted by atomic mass is 16.5. The first kappa shape index (κ1) is 13.0. The molecule has 1 N–H and O–H groups in total. The maximum absolute atomic E-state index is 11.7. The number of rotatable bonds is 3. The van der Waals surface area contributed by atoms with Crippen LogP contribution in [0, 0.1) is 0 Å². The van der Waals surface area contributed by atoms with E-state index in [9.17, 15) is 9.59 Å². The summed E-state index contributed by atoms with van der Waals surface area (Å²) in [6.45, 7) is 6.05. The second-order valence-corrected chi connectivity index (χ2v) is 4.98. The highest BCUT2D eigenvalue weighted by molar-refractivity contribution is 5.84. The van der Waals surface area contributed by atoms with Gasteiger partial charge >= 0.3 is 5.97 Å². The Hall–Kier alpha value is -1.10. The van der Waals surface area contributed by atoms with E-state index in [1.54, 1.807) is 0 Å². The minimum atomic E-state index is -0.929.